The van der Waals surface area contributed by atoms with Crippen LogP contribution in [0.1, 0.15) is 16.7 Å². The molecule has 25 heavy (non-hydrogen) atoms. The first-order valence-corrected chi connectivity index (χ1v) is 8.64. The normalized spacial score (nSPS) is 22.6. The molecule has 0 aliphatic carbocycles. The highest BCUT2D eigenvalue weighted by atomic mass is 32.1. The Balaban J connectivity index is 1.64. The first-order valence-electron chi connectivity index (χ1n) is 7.70. The Morgan fingerprint density at radius 3 is 2.72 bits per heavy atom. The number of carbonyl (C=O) groups is 2. The molecule has 1 saturated heterocycles. The molecule has 2 atom stereocenters. The average molecular weight is 366 g/mol. The molecule has 4 rings (SSSR count). The molecule has 1 aromatic heterocycles. The quantitative estimate of drug-likeness (QED) is 0.889. The van der Waals surface area contributed by atoms with Crippen LogP contribution in [0.4, 0.5) is 18.9 Å². The number of fused-ring (bicyclic) bond motifs is 3. The number of amides is 2. The van der Waals surface area contributed by atoms with Crippen molar-refractivity contribution in [3.8, 4) is 0 Å². The second-order valence-corrected chi connectivity index (χ2v) is 6.87. The molecule has 2 aromatic rings. The molecule has 0 radical (unpaired) electrons. The molecule has 2 unspecified atom stereocenters. The van der Waals surface area contributed by atoms with Crippen LogP contribution in [-0.4, -0.2) is 23.9 Å². The maximum absolute atomic E-state index is 13.0. The minimum absolute atomic E-state index is 0.0297. The Bertz CT molecular complexity index is 862. The van der Waals surface area contributed by atoms with Crippen molar-refractivity contribution in [1.82, 2.24) is 5.32 Å². The number of nitrogens with zero attached hydrogens (tertiary/aromatic N) is 1. The highest BCUT2D eigenvalue weighted by Gasteiger charge is 2.46. The predicted octanol–water partition coefficient (Wildman–Crippen LogP) is 2.77. The Labute approximate surface area is 145 Å². The van der Waals surface area contributed by atoms with Crippen LogP contribution in [0.3, 0.4) is 0 Å². The standard InChI is InChI=1S/C17H13F3N2O2S/c18-17(19,20)11-8-25-7-10(11)5-12-16(24)22-13-4-2-1-3-9(13)6-14(22)15(23)21-12/h1-4,7-8,12,14H,5-6H2,(H,21,23). The van der Waals surface area contributed by atoms with Crippen molar-refractivity contribution >= 4 is 28.8 Å². The summed E-state index contributed by atoms with van der Waals surface area (Å²) in [6, 6.07) is 5.60. The van der Waals surface area contributed by atoms with Crippen LogP contribution < -0.4 is 10.2 Å². The maximum Gasteiger partial charge on any atom is 0.417 e. The number of hydrogen-bond donors (Lipinski definition) is 1. The van der Waals surface area contributed by atoms with E-state index in [1.807, 2.05) is 12.1 Å². The van der Waals surface area contributed by atoms with E-state index in [0.29, 0.717) is 12.1 Å². The summed E-state index contributed by atoms with van der Waals surface area (Å²) >= 11 is 0.934. The summed E-state index contributed by atoms with van der Waals surface area (Å²) in [6.07, 6.45) is -4.22. The number of halogens is 3. The van der Waals surface area contributed by atoms with Gasteiger partial charge in [-0.2, -0.15) is 24.5 Å². The van der Waals surface area contributed by atoms with Gasteiger partial charge in [0.25, 0.3) is 5.91 Å². The SMILES string of the molecule is O=C1NC(Cc2cscc2C(F)(F)F)C(=O)N2c3ccccc3CC12. The zero-order valence-electron chi connectivity index (χ0n) is 12.8. The third-order valence-corrected chi connectivity index (χ3v) is 5.39. The fraction of sp³-hybridized carbons (Fsp3) is 0.294. The number of benzene rings is 1. The average Bonchev–Trinajstić information content (AvgIpc) is 3.16. The molecular formula is C17H13F3N2O2S. The number of piperazine rings is 1. The predicted molar refractivity (Wildman–Crippen MR) is 86.4 cm³/mol. The molecular weight excluding hydrogens is 353 g/mol. The molecule has 4 nitrogen and oxygen atoms in total. The summed E-state index contributed by atoms with van der Waals surface area (Å²) in [5, 5.41) is 5.00. The molecule has 0 saturated carbocycles. The van der Waals surface area contributed by atoms with E-state index < -0.39 is 23.8 Å². The molecule has 2 aliphatic rings. The Hall–Kier alpha value is -2.35. The Morgan fingerprint density at radius 1 is 1.20 bits per heavy atom. The first-order chi connectivity index (χ1) is 11.9. The van der Waals surface area contributed by atoms with E-state index in [0.717, 1.165) is 22.3 Å². The summed E-state index contributed by atoms with van der Waals surface area (Å²) in [7, 11) is 0. The first kappa shape index (κ1) is 16.1. The molecule has 3 heterocycles. The number of anilines is 1. The highest BCUT2D eigenvalue weighted by molar-refractivity contribution is 7.08. The van der Waals surface area contributed by atoms with Crippen molar-refractivity contribution in [2.75, 3.05) is 4.90 Å². The molecule has 2 amide bonds. The van der Waals surface area contributed by atoms with Crippen LogP contribution in [0.15, 0.2) is 35.0 Å². The van der Waals surface area contributed by atoms with Crippen LogP contribution in [0, 0.1) is 0 Å². The Kier molecular flexibility index (Phi) is 3.61. The summed E-state index contributed by atoms with van der Waals surface area (Å²) in [5.41, 5.74) is 0.840. The number of hydrogen-bond acceptors (Lipinski definition) is 3. The highest BCUT2D eigenvalue weighted by Crippen LogP contribution is 2.37. The zero-order chi connectivity index (χ0) is 17.8. The number of carbonyl (C=O) groups excluding carboxylic acids is 2. The van der Waals surface area contributed by atoms with Crippen molar-refractivity contribution < 1.29 is 22.8 Å². The van der Waals surface area contributed by atoms with Gasteiger partial charge in [-0.15, -0.1) is 0 Å². The van der Waals surface area contributed by atoms with Crippen molar-refractivity contribution in [1.29, 1.82) is 0 Å². The zero-order valence-corrected chi connectivity index (χ0v) is 13.7. The van der Waals surface area contributed by atoms with Crippen molar-refractivity contribution in [3.63, 3.8) is 0 Å². The molecule has 0 bridgehead atoms. The van der Waals surface area contributed by atoms with E-state index in [1.54, 1.807) is 12.1 Å². The van der Waals surface area contributed by atoms with Gasteiger partial charge >= 0.3 is 6.18 Å². The van der Waals surface area contributed by atoms with Gasteiger partial charge < -0.3 is 5.32 Å². The molecule has 130 valence electrons. The monoisotopic (exact) mass is 366 g/mol. The van der Waals surface area contributed by atoms with Gasteiger partial charge in [0.1, 0.15) is 12.1 Å². The minimum atomic E-state index is -4.47. The van der Waals surface area contributed by atoms with Gasteiger partial charge in [0.15, 0.2) is 0 Å². The second-order valence-electron chi connectivity index (χ2n) is 6.13. The van der Waals surface area contributed by atoms with E-state index in [9.17, 15) is 22.8 Å². The van der Waals surface area contributed by atoms with Gasteiger partial charge in [-0.25, -0.2) is 0 Å². The summed E-state index contributed by atoms with van der Waals surface area (Å²) < 4.78 is 39.1. The lowest BCUT2D eigenvalue weighted by molar-refractivity contribution is -0.138. The molecule has 1 fully saturated rings. The van der Waals surface area contributed by atoms with Crippen LogP contribution in [0.2, 0.25) is 0 Å². The van der Waals surface area contributed by atoms with Crippen molar-refractivity contribution in [3.05, 3.63) is 51.7 Å². The summed E-state index contributed by atoms with van der Waals surface area (Å²) in [5.74, 6) is -0.696. The lowest BCUT2D eigenvalue weighted by Crippen LogP contribution is -2.63. The van der Waals surface area contributed by atoms with Gasteiger partial charge in [-0.1, -0.05) is 18.2 Å². The lowest BCUT2D eigenvalue weighted by atomic mass is 10.00. The Morgan fingerprint density at radius 2 is 1.96 bits per heavy atom. The number of para-hydroxylation sites is 1. The minimum Gasteiger partial charge on any atom is -0.342 e. The number of alkyl halides is 3. The topological polar surface area (TPSA) is 49.4 Å². The van der Waals surface area contributed by atoms with Gasteiger partial charge in [-0.3, -0.25) is 14.5 Å². The van der Waals surface area contributed by atoms with Gasteiger partial charge in [-0.05, 0) is 22.6 Å². The summed E-state index contributed by atoms with van der Waals surface area (Å²) in [6.45, 7) is 0. The second kappa shape index (κ2) is 5.59. The fourth-order valence-corrected chi connectivity index (χ4v) is 4.33. The van der Waals surface area contributed by atoms with Gasteiger partial charge in [0.2, 0.25) is 5.91 Å². The van der Waals surface area contributed by atoms with Gasteiger partial charge in [0, 0.05) is 23.9 Å². The van der Waals surface area contributed by atoms with E-state index >= 15 is 0 Å². The molecule has 1 N–H and O–H groups in total. The lowest BCUT2D eigenvalue weighted by Gasteiger charge is -2.35. The van der Waals surface area contributed by atoms with Crippen LogP contribution >= 0.6 is 11.3 Å². The van der Waals surface area contributed by atoms with Crippen molar-refractivity contribution in [2.45, 2.75) is 31.1 Å². The van der Waals surface area contributed by atoms with Crippen molar-refractivity contribution in [2.24, 2.45) is 0 Å². The van der Waals surface area contributed by atoms with Gasteiger partial charge in [0.05, 0.1) is 5.56 Å². The third kappa shape index (κ3) is 2.60. The fourth-order valence-electron chi connectivity index (χ4n) is 3.45. The van der Waals surface area contributed by atoms with E-state index in [4.69, 9.17) is 0 Å². The molecule has 8 heteroatoms. The van der Waals surface area contributed by atoms with E-state index in [1.165, 1.54) is 10.3 Å². The van der Waals surface area contributed by atoms with Crippen LogP contribution in [-0.2, 0) is 28.6 Å². The molecule has 0 spiro atoms. The number of rotatable bonds is 2. The van der Waals surface area contributed by atoms with E-state index in [-0.39, 0.29) is 23.8 Å². The summed E-state index contributed by atoms with van der Waals surface area (Å²) in [4.78, 5) is 26.7. The van der Waals surface area contributed by atoms with Crippen LogP contribution in [0.5, 0.6) is 0 Å². The molecule has 1 aromatic carbocycles. The van der Waals surface area contributed by atoms with Crippen LogP contribution in [0.25, 0.3) is 0 Å². The number of nitrogens with one attached hydrogen (secondary N) is 1. The van der Waals surface area contributed by atoms with E-state index in [2.05, 4.69) is 5.32 Å². The molecule has 2 aliphatic heterocycles. The largest absolute Gasteiger partial charge is 0.417 e. The smallest absolute Gasteiger partial charge is 0.342 e. The third-order valence-electron chi connectivity index (χ3n) is 4.60. The number of thiophene rings is 1. The maximum atomic E-state index is 13.0.